The van der Waals surface area contributed by atoms with E-state index in [4.69, 9.17) is 19.2 Å². The summed E-state index contributed by atoms with van der Waals surface area (Å²) in [7, 11) is 0. The molecule has 4 aromatic carbocycles. The number of ketones is 1. The number of Topliss-reactive ketones (excluding diaryl/α,β-unsaturated/α-hetero) is 1. The number of hydrogen-bond donors (Lipinski definition) is 0. The van der Waals surface area contributed by atoms with E-state index in [0.29, 0.717) is 12.8 Å². The number of unbranched alkanes of at least 4 members (excludes halogenated alkanes) is 2. The van der Waals surface area contributed by atoms with Crippen molar-refractivity contribution in [3.63, 3.8) is 0 Å². The Hall–Kier alpha value is -3.77. The van der Waals surface area contributed by atoms with Crippen molar-refractivity contribution in [3.8, 4) is 5.75 Å². The molecular weight excluding hydrogens is 596 g/mol. The molecule has 5 heteroatoms. The van der Waals surface area contributed by atoms with E-state index < -0.39 is 11.9 Å². The van der Waals surface area contributed by atoms with E-state index in [1.165, 1.54) is 40.7 Å². The Morgan fingerprint density at radius 3 is 2.42 bits per heavy atom. The van der Waals surface area contributed by atoms with Gasteiger partial charge in [0.1, 0.15) is 18.1 Å². The maximum absolute atomic E-state index is 11.6. The minimum Gasteiger partial charge on any atom is -0.461 e. The average molecular weight is 645 g/mol. The summed E-state index contributed by atoms with van der Waals surface area (Å²) in [6.07, 6.45) is 9.91. The third-order valence-corrected chi connectivity index (χ3v) is 10.5. The fourth-order valence-corrected chi connectivity index (χ4v) is 8.13. The molecule has 0 aromatic heterocycles. The van der Waals surface area contributed by atoms with Gasteiger partial charge in [0.05, 0.1) is 6.10 Å². The standard InChI is InChI=1S/C43H48O5/c1-3-4-12-27-43(35-15-6-5-7-16-35,48-45-29-32-21-19-31(20-22-32)28-30(2)44)42-46-38-25-23-33-13-8-10-17-36(33)40(38)41-37-18-11-9-14-34(37)24-26-39(41)47-42/h5-8,10,13,15-17,19-22,24,26,38,40,42H,3-4,9,11-12,14,18,23,25,27-29H2,1-2H3/t38?,40-,42?,43-/m0/s1. The molecule has 2 unspecified atom stereocenters. The minimum atomic E-state index is -1.01. The molecule has 0 N–H and O–H groups in total. The van der Waals surface area contributed by atoms with Gasteiger partial charge in [-0.25, -0.2) is 9.78 Å². The smallest absolute Gasteiger partial charge is 0.237 e. The van der Waals surface area contributed by atoms with Crippen molar-refractivity contribution >= 4 is 5.78 Å². The van der Waals surface area contributed by atoms with E-state index >= 15 is 0 Å². The first-order valence-corrected chi connectivity index (χ1v) is 18.0. The van der Waals surface area contributed by atoms with Crippen molar-refractivity contribution in [3.05, 3.63) is 136 Å². The van der Waals surface area contributed by atoms with Gasteiger partial charge in [-0.3, -0.25) is 4.79 Å². The van der Waals surface area contributed by atoms with Crippen LogP contribution in [-0.2, 0) is 57.2 Å². The first kappa shape index (κ1) is 32.8. The molecule has 48 heavy (non-hydrogen) atoms. The van der Waals surface area contributed by atoms with Crippen LogP contribution in [0.5, 0.6) is 5.75 Å². The van der Waals surface area contributed by atoms with Crippen LogP contribution in [0.1, 0.15) is 109 Å². The third kappa shape index (κ3) is 6.74. The molecule has 0 radical (unpaired) electrons. The van der Waals surface area contributed by atoms with Crippen molar-refractivity contribution in [1.82, 2.24) is 0 Å². The summed E-state index contributed by atoms with van der Waals surface area (Å²) in [6, 6.07) is 31.8. The number of carbonyl (C=O) groups is 1. The summed E-state index contributed by atoms with van der Waals surface area (Å²) in [4.78, 5) is 24.6. The molecule has 0 amide bonds. The predicted molar refractivity (Wildman–Crippen MR) is 188 cm³/mol. The van der Waals surface area contributed by atoms with Gasteiger partial charge < -0.3 is 9.47 Å². The minimum absolute atomic E-state index is 0.0636. The van der Waals surface area contributed by atoms with Gasteiger partial charge in [-0.05, 0) is 103 Å². The number of rotatable bonds is 12. The monoisotopic (exact) mass is 644 g/mol. The Bertz CT molecular complexity index is 1700. The number of ether oxygens (including phenoxy) is 2. The molecule has 2 aliphatic carbocycles. The highest BCUT2D eigenvalue weighted by molar-refractivity contribution is 5.78. The van der Waals surface area contributed by atoms with E-state index in [-0.39, 0.29) is 24.4 Å². The molecule has 4 aromatic rings. The van der Waals surface area contributed by atoms with Crippen molar-refractivity contribution in [2.24, 2.45) is 0 Å². The van der Waals surface area contributed by atoms with Crippen molar-refractivity contribution in [2.75, 3.05) is 0 Å². The summed E-state index contributed by atoms with van der Waals surface area (Å²) < 4.78 is 14.5. The van der Waals surface area contributed by atoms with E-state index in [0.717, 1.165) is 67.4 Å². The molecule has 1 aliphatic heterocycles. The zero-order valence-electron chi connectivity index (χ0n) is 28.4. The molecular formula is C43H48O5. The highest BCUT2D eigenvalue weighted by Crippen LogP contribution is 2.51. The lowest BCUT2D eigenvalue weighted by atomic mass is 9.73. The molecule has 0 saturated carbocycles. The van der Waals surface area contributed by atoms with Crippen LogP contribution >= 0.6 is 0 Å². The van der Waals surface area contributed by atoms with Gasteiger partial charge >= 0.3 is 0 Å². The Kier molecular flexibility index (Phi) is 10.1. The fraction of sp³-hybridized carbons (Fsp3) is 0.419. The van der Waals surface area contributed by atoms with E-state index in [1.54, 1.807) is 6.92 Å². The van der Waals surface area contributed by atoms with Crippen molar-refractivity contribution < 1.29 is 24.0 Å². The van der Waals surface area contributed by atoms with Gasteiger partial charge in [-0.15, -0.1) is 0 Å². The van der Waals surface area contributed by atoms with Gasteiger partial charge in [0.25, 0.3) is 0 Å². The molecule has 0 bridgehead atoms. The van der Waals surface area contributed by atoms with Gasteiger partial charge in [-0.2, -0.15) is 0 Å². The second-order valence-electron chi connectivity index (χ2n) is 13.9. The Balaban J connectivity index is 1.29. The number of fused-ring (bicyclic) bond motifs is 7. The highest BCUT2D eigenvalue weighted by Gasteiger charge is 2.51. The first-order valence-electron chi connectivity index (χ1n) is 18.0. The van der Waals surface area contributed by atoms with Gasteiger partial charge in [0, 0.05) is 17.9 Å². The fourth-order valence-electron chi connectivity index (χ4n) is 8.13. The molecule has 3 aliphatic rings. The Morgan fingerprint density at radius 2 is 1.60 bits per heavy atom. The van der Waals surface area contributed by atoms with Crippen LogP contribution in [0.4, 0.5) is 0 Å². The van der Waals surface area contributed by atoms with Crippen LogP contribution in [0, 0.1) is 0 Å². The lowest BCUT2D eigenvalue weighted by Gasteiger charge is -2.40. The third-order valence-electron chi connectivity index (χ3n) is 10.5. The van der Waals surface area contributed by atoms with Gasteiger partial charge in [-0.1, -0.05) is 105 Å². The van der Waals surface area contributed by atoms with Crippen LogP contribution in [0.2, 0.25) is 0 Å². The predicted octanol–water partition coefficient (Wildman–Crippen LogP) is 9.50. The van der Waals surface area contributed by atoms with Gasteiger partial charge in [0.15, 0.2) is 5.60 Å². The molecule has 5 nitrogen and oxygen atoms in total. The highest BCUT2D eigenvalue weighted by atomic mass is 17.2. The van der Waals surface area contributed by atoms with Crippen LogP contribution in [0.15, 0.2) is 91.0 Å². The molecule has 0 fully saturated rings. The van der Waals surface area contributed by atoms with Crippen LogP contribution in [0.25, 0.3) is 0 Å². The molecule has 250 valence electrons. The van der Waals surface area contributed by atoms with Crippen LogP contribution in [0.3, 0.4) is 0 Å². The zero-order valence-corrected chi connectivity index (χ0v) is 28.4. The molecule has 1 heterocycles. The number of hydrogen-bond acceptors (Lipinski definition) is 5. The number of aryl methyl sites for hydroxylation is 2. The molecule has 4 atom stereocenters. The van der Waals surface area contributed by atoms with Crippen molar-refractivity contribution in [2.45, 2.75) is 115 Å². The second kappa shape index (κ2) is 14.8. The maximum atomic E-state index is 11.6. The first-order chi connectivity index (χ1) is 23.6. The summed E-state index contributed by atoms with van der Waals surface area (Å²) >= 11 is 0. The second-order valence-corrected chi connectivity index (χ2v) is 13.9. The lowest BCUT2D eigenvalue weighted by Crippen LogP contribution is -2.49. The average Bonchev–Trinajstić information content (AvgIpc) is 3.30. The Morgan fingerprint density at radius 1 is 0.833 bits per heavy atom. The van der Waals surface area contributed by atoms with E-state index in [1.807, 2.05) is 30.3 Å². The van der Waals surface area contributed by atoms with Crippen molar-refractivity contribution in [1.29, 1.82) is 0 Å². The maximum Gasteiger partial charge on any atom is 0.237 e. The van der Waals surface area contributed by atoms with Crippen LogP contribution in [-0.4, -0.2) is 18.2 Å². The summed E-state index contributed by atoms with van der Waals surface area (Å²) in [5, 5.41) is 0. The number of carbonyl (C=O) groups excluding carboxylic acids is 1. The van der Waals surface area contributed by atoms with E-state index in [9.17, 15) is 4.79 Å². The lowest BCUT2D eigenvalue weighted by molar-refractivity contribution is -0.416. The molecule has 0 saturated heterocycles. The molecule has 0 spiro atoms. The summed E-state index contributed by atoms with van der Waals surface area (Å²) in [5.74, 6) is 1.16. The normalized spacial score (nSPS) is 21.0. The quantitative estimate of drug-likeness (QED) is 0.0874. The SMILES string of the molecule is CCCCC[C@](OOCc1ccc(CC(C)=O)cc1)(c1ccccc1)C1Oc2ccc3c(c2[C@H]2c4ccccc4CCC2O1)CCCC3. The van der Waals surface area contributed by atoms with Crippen LogP contribution < -0.4 is 4.74 Å². The number of benzene rings is 4. The zero-order chi connectivity index (χ0) is 32.9. The Labute approximate surface area is 285 Å². The van der Waals surface area contributed by atoms with Gasteiger partial charge in [0.2, 0.25) is 6.29 Å². The summed E-state index contributed by atoms with van der Waals surface area (Å²) in [6.45, 7) is 4.10. The topological polar surface area (TPSA) is 54.0 Å². The largest absolute Gasteiger partial charge is 0.461 e. The molecule has 7 rings (SSSR count). The van der Waals surface area contributed by atoms with E-state index in [2.05, 4.69) is 67.6 Å². The summed E-state index contributed by atoms with van der Waals surface area (Å²) in [5.41, 5.74) is 8.93.